The van der Waals surface area contributed by atoms with Gasteiger partial charge in [0.15, 0.2) is 0 Å². The molecule has 6 N–H and O–H groups in total. The molecule has 0 fully saturated rings. The number of nitrogens with one attached hydrogen (secondary N) is 3. The zero-order valence-corrected chi connectivity index (χ0v) is 29.1. The van der Waals surface area contributed by atoms with Gasteiger partial charge in [0.05, 0.1) is 30.0 Å². The van der Waals surface area contributed by atoms with Gasteiger partial charge >= 0.3 is 11.9 Å². The van der Waals surface area contributed by atoms with Crippen LogP contribution in [0.15, 0.2) is 76.5 Å². The predicted molar refractivity (Wildman–Crippen MR) is 182 cm³/mol. The number of hydrogen-bond donors (Lipinski definition) is 5. The Balaban J connectivity index is 0.000000266. The first-order valence-corrected chi connectivity index (χ1v) is 18.7. The number of nitrogens with two attached hydrogens (primary N) is 1. The van der Waals surface area contributed by atoms with Crippen LogP contribution < -0.4 is 20.5 Å². The van der Waals surface area contributed by atoms with Crippen LogP contribution in [0.2, 0.25) is 5.02 Å². The van der Waals surface area contributed by atoms with Crippen molar-refractivity contribution in [3.05, 3.63) is 88.4 Å². The van der Waals surface area contributed by atoms with Crippen molar-refractivity contribution in [3.63, 3.8) is 0 Å². The molecule has 0 radical (unpaired) electrons. The molecule has 0 aromatic heterocycles. The highest BCUT2D eigenvalue weighted by Crippen LogP contribution is 2.32. The van der Waals surface area contributed by atoms with E-state index in [1.54, 1.807) is 13.8 Å². The SMILES string of the molecule is CCOC(=O)[C@H](CCc1ccccc1)N[C@@H](C)C(=O)N1Cc2ccccc2C[C@H]1C(=O)O.NS(=O)(=O)c1cc2c(cc1Cl)NCNS2(=O)=O. The number of carboxylic acid groups (broad SMARTS) is 1. The summed E-state index contributed by atoms with van der Waals surface area (Å²) in [5.74, 6) is -1.80. The molecule has 2 aliphatic rings. The summed E-state index contributed by atoms with van der Waals surface area (Å²) in [6.07, 6.45) is 1.37. The summed E-state index contributed by atoms with van der Waals surface area (Å²) in [6, 6.07) is 17.1. The maximum absolute atomic E-state index is 13.3. The molecule has 0 saturated heterocycles. The van der Waals surface area contributed by atoms with Gasteiger partial charge in [-0.05, 0) is 55.5 Å². The number of aryl methyl sites for hydroxylation is 1. The first-order valence-electron chi connectivity index (χ1n) is 15.3. The molecule has 2 heterocycles. The summed E-state index contributed by atoms with van der Waals surface area (Å²) < 4.78 is 53.1. The quantitative estimate of drug-likeness (QED) is 0.190. The van der Waals surface area contributed by atoms with Crippen LogP contribution in [-0.2, 0) is 58.6 Å². The molecule has 264 valence electrons. The van der Waals surface area contributed by atoms with Gasteiger partial charge in [-0.3, -0.25) is 14.9 Å². The highest BCUT2D eigenvalue weighted by molar-refractivity contribution is 7.90. The minimum absolute atomic E-state index is 0.0143. The van der Waals surface area contributed by atoms with Crippen LogP contribution in [0.5, 0.6) is 0 Å². The molecule has 17 heteroatoms. The van der Waals surface area contributed by atoms with E-state index in [0.717, 1.165) is 22.8 Å². The van der Waals surface area contributed by atoms with Gasteiger partial charge in [0.25, 0.3) is 0 Å². The standard InChI is InChI=1S/C25H30N2O5.C7H8ClN3O4S2/c1-3-32-25(31)21(14-13-18-9-5-4-6-10-18)26-17(2)23(28)27-16-20-12-8-7-11-19(20)15-22(27)24(29)30;8-4-1-5-7(2-6(4)16(9,12)13)17(14,15)11-3-10-5/h4-12,17,21-22,26H,3,13-16H2,1-2H3,(H,29,30);1-2,10-11H,3H2,(H2,9,12,13)/t17-,21-,22-;/m0./s1. The molecule has 3 aromatic carbocycles. The maximum atomic E-state index is 13.3. The molecule has 0 bridgehead atoms. The van der Waals surface area contributed by atoms with Gasteiger partial charge in [0.2, 0.25) is 26.0 Å². The second kappa shape index (κ2) is 16.1. The second-order valence-electron chi connectivity index (χ2n) is 11.3. The van der Waals surface area contributed by atoms with Crippen LogP contribution in [0.4, 0.5) is 5.69 Å². The summed E-state index contributed by atoms with van der Waals surface area (Å²) >= 11 is 5.72. The summed E-state index contributed by atoms with van der Waals surface area (Å²) in [4.78, 5) is 38.4. The summed E-state index contributed by atoms with van der Waals surface area (Å²) in [6.45, 7) is 3.89. The van der Waals surface area contributed by atoms with E-state index in [1.807, 2.05) is 54.6 Å². The number of carbonyl (C=O) groups is 3. The van der Waals surface area contributed by atoms with E-state index in [1.165, 1.54) is 11.0 Å². The second-order valence-corrected chi connectivity index (χ2v) is 15.0. The van der Waals surface area contributed by atoms with Gasteiger partial charge < -0.3 is 20.1 Å². The number of aliphatic carboxylic acids is 1. The number of sulfonamides is 2. The molecule has 14 nitrogen and oxygen atoms in total. The Morgan fingerprint density at radius 1 is 1.10 bits per heavy atom. The molecule has 49 heavy (non-hydrogen) atoms. The fraction of sp³-hybridized carbons (Fsp3) is 0.344. The Morgan fingerprint density at radius 2 is 1.76 bits per heavy atom. The summed E-state index contributed by atoms with van der Waals surface area (Å²) in [7, 11) is -7.80. The first kappa shape index (κ1) is 37.8. The van der Waals surface area contributed by atoms with Crippen LogP contribution in [0.25, 0.3) is 0 Å². The van der Waals surface area contributed by atoms with Crippen molar-refractivity contribution in [2.24, 2.45) is 5.14 Å². The molecule has 3 atom stereocenters. The Morgan fingerprint density at radius 3 is 2.39 bits per heavy atom. The molecule has 0 unspecified atom stereocenters. The van der Waals surface area contributed by atoms with Gasteiger partial charge in [0, 0.05) is 13.0 Å². The molecular formula is C32H38ClN5O9S2. The Labute approximate surface area is 290 Å². The minimum Gasteiger partial charge on any atom is -0.480 e. The van der Waals surface area contributed by atoms with Crippen molar-refractivity contribution in [1.82, 2.24) is 14.9 Å². The van der Waals surface area contributed by atoms with E-state index in [2.05, 4.69) is 15.4 Å². The van der Waals surface area contributed by atoms with Crippen molar-refractivity contribution < 1.29 is 41.1 Å². The molecule has 3 aromatic rings. The number of hydrogen-bond acceptors (Lipinski definition) is 10. The van der Waals surface area contributed by atoms with Crippen LogP contribution in [0, 0.1) is 0 Å². The number of primary sulfonamides is 1. The Bertz CT molecular complexity index is 1910. The summed E-state index contributed by atoms with van der Waals surface area (Å²) in [5.41, 5.74) is 3.20. The highest BCUT2D eigenvalue weighted by Gasteiger charge is 2.37. The third-order valence-corrected chi connectivity index (χ3v) is 10.8. The van der Waals surface area contributed by atoms with Gasteiger partial charge in [-0.25, -0.2) is 26.8 Å². The molecular weight excluding hydrogens is 698 g/mol. The van der Waals surface area contributed by atoms with Gasteiger partial charge in [-0.1, -0.05) is 66.2 Å². The predicted octanol–water partition coefficient (Wildman–Crippen LogP) is 2.22. The number of esters is 1. The van der Waals surface area contributed by atoms with E-state index >= 15 is 0 Å². The number of ether oxygens (including phenoxy) is 1. The average molecular weight is 736 g/mol. The van der Waals surface area contributed by atoms with Crippen LogP contribution in [0.1, 0.15) is 37.0 Å². The fourth-order valence-electron chi connectivity index (χ4n) is 5.48. The molecule has 2 aliphatic heterocycles. The van der Waals surface area contributed by atoms with Gasteiger partial charge in [-0.15, -0.1) is 0 Å². The number of benzene rings is 3. The lowest BCUT2D eigenvalue weighted by Crippen LogP contribution is -2.56. The Hall–Kier alpha value is -4.06. The van der Waals surface area contributed by atoms with E-state index in [4.69, 9.17) is 21.5 Å². The molecule has 0 saturated carbocycles. The lowest BCUT2D eigenvalue weighted by atomic mass is 9.93. The van der Waals surface area contributed by atoms with Gasteiger partial charge in [0.1, 0.15) is 21.9 Å². The number of carboxylic acids is 1. The zero-order chi connectivity index (χ0) is 35.9. The van der Waals surface area contributed by atoms with E-state index < -0.39 is 55.0 Å². The van der Waals surface area contributed by atoms with E-state index in [9.17, 15) is 36.3 Å². The topological polar surface area (TPSA) is 214 Å². The van der Waals surface area contributed by atoms with Crippen molar-refractivity contribution in [1.29, 1.82) is 0 Å². The van der Waals surface area contributed by atoms with Crippen molar-refractivity contribution in [2.75, 3.05) is 18.6 Å². The number of nitrogens with zero attached hydrogens (tertiary/aromatic N) is 1. The minimum atomic E-state index is -4.07. The van der Waals surface area contributed by atoms with E-state index in [0.29, 0.717) is 12.8 Å². The third kappa shape index (κ3) is 9.55. The highest BCUT2D eigenvalue weighted by atomic mass is 35.5. The van der Waals surface area contributed by atoms with Crippen molar-refractivity contribution in [3.8, 4) is 0 Å². The number of anilines is 1. The Kier molecular flexibility index (Phi) is 12.4. The molecule has 0 spiro atoms. The third-order valence-electron chi connectivity index (χ3n) is 7.95. The maximum Gasteiger partial charge on any atom is 0.326 e. The van der Waals surface area contributed by atoms with Crippen LogP contribution >= 0.6 is 11.6 Å². The van der Waals surface area contributed by atoms with Crippen LogP contribution in [0.3, 0.4) is 0 Å². The fourth-order valence-corrected chi connectivity index (χ4v) is 7.77. The van der Waals surface area contributed by atoms with Gasteiger partial charge in [-0.2, -0.15) is 4.72 Å². The van der Waals surface area contributed by atoms with Crippen LogP contribution in [-0.4, -0.2) is 76.1 Å². The summed E-state index contributed by atoms with van der Waals surface area (Å²) in [5, 5.41) is 20.4. The number of amides is 1. The largest absolute Gasteiger partial charge is 0.480 e. The first-order chi connectivity index (χ1) is 23.1. The average Bonchev–Trinajstić information content (AvgIpc) is 3.05. The normalized spacial score (nSPS) is 17.6. The number of fused-ring (bicyclic) bond motifs is 2. The number of rotatable bonds is 10. The number of halogens is 1. The lowest BCUT2D eigenvalue weighted by molar-refractivity contribution is -0.153. The van der Waals surface area contributed by atoms with Crippen molar-refractivity contribution in [2.45, 2.75) is 67.6 Å². The molecule has 0 aliphatic carbocycles. The van der Waals surface area contributed by atoms with Crippen molar-refractivity contribution >= 4 is 55.2 Å². The monoisotopic (exact) mass is 735 g/mol. The molecule has 1 amide bonds. The lowest BCUT2D eigenvalue weighted by Gasteiger charge is -2.36. The van der Waals surface area contributed by atoms with E-state index in [-0.39, 0.29) is 47.8 Å². The number of carbonyl (C=O) groups excluding carboxylic acids is 2. The molecule has 5 rings (SSSR count). The zero-order valence-electron chi connectivity index (χ0n) is 26.8. The smallest absolute Gasteiger partial charge is 0.326 e.